The average Bonchev–Trinajstić information content (AvgIpc) is 3.17. The van der Waals surface area contributed by atoms with Gasteiger partial charge < -0.3 is 4.90 Å². The van der Waals surface area contributed by atoms with Crippen molar-refractivity contribution in [3.8, 4) is 0 Å². The first-order valence-corrected chi connectivity index (χ1v) is 11.1. The predicted octanol–water partition coefficient (Wildman–Crippen LogP) is 6.09. The van der Waals surface area contributed by atoms with Gasteiger partial charge in [0, 0.05) is 12.1 Å². The molecule has 0 bridgehead atoms. The standard InChI is InChI=1S/C25H27N3OS.ClH/c1-17-13-14-22-23(18(17)2)26-25(30-22)28(16-8-15-27(3)4)24(29)21-12-7-10-19-9-5-6-11-20(19)21;/h5-7,9-14H,8,15-16H2,1-4H3;1H. The minimum absolute atomic E-state index is 0. The number of benzene rings is 3. The molecule has 0 aliphatic carbocycles. The molecule has 0 aliphatic heterocycles. The number of aryl methyl sites for hydroxylation is 2. The third-order valence-corrected chi connectivity index (χ3v) is 6.60. The smallest absolute Gasteiger partial charge is 0.260 e. The molecule has 4 aromatic rings. The van der Waals surface area contributed by atoms with Crippen molar-refractivity contribution in [3.63, 3.8) is 0 Å². The van der Waals surface area contributed by atoms with Crippen molar-refractivity contribution < 1.29 is 4.79 Å². The molecule has 162 valence electrons. The minimum Gasteiger partial charge on any atom is -0.309 e. The van der Waals surface area contributed by atoms with Gasteiger partial charge >= 0.3 is 0 Å². The molecule has 0 saturated carbocycles. The molecule has 1 amide bonds. The fourth-order valence-electron chi connectivity index (χ4n) is 3.72. The molecule has 4 nitrogen and oxygen atoms in total. The Labute approximate surface area is 193 Å². The highest BCUT2D eigenvalue weighted by Gasteiger charge is 2.23. The summed E-state index contributed by atoms with van der Waals surface area (Å²) in [5, 5.41) is 2.83. The van der Waals surface area contributed by atoms with Gasteiger partial charge in [-0.15, -0.1) is 12.4 Å². The van der Waals surface area contributed by atoms with Gasteiger partial charge in [0.25, 0.3) is 5.91 Å². The van der Waals surface area contributed by atoms with Crippen LogP contribution in [0.15, 0.2) is 54.6 Å². The third-order valence-electron chi connectivity index (χ3n) is 5.56. The summed E-state index contributed by atoms with van der Waals surface area (Å²) < 4.78 is 1.12. The number of hydrogen-bond acceptors (Lipinski definition) is 4. The second kappa shape index (κ2) is 9.77. The maximum absolute atomic E-state index is 13.7. The van der Waals surface area contributed by atoms with Gasteiger partial charge in [-0.25, -0.2) is 4.98 Å². The van der Waals surface area contributed by atoms with E-state index in [4.69, 9.17) is 4.98 Å². The van der Waals surface area contributed by atoms with Crippen LogP contribution in [0.1, 0.15) is 27.9 Å². The Morgan fingerprint density at radius 2 is 1.71 bits per heavy atom. The number of fused-ring (bicyclic) bond motifs is 2. The highest BCUT2D eigenvalue weighted by molar-refractivity contribution is 7.22. The Kier molecular flexibility index (Phi) is 7.31. The maximum atomic E-state index is 13.7. The Morgan fingerprint density at radius 3 is 2.48 bits per heavy atom. The predicted molar refractivity (Wildman–Crippen MR) is 135 cm³/mol. The molecule has 0 aliphatic rings. The summed E-state index contributed by atoms with van der Waals surface area (Å²) >= 11 is 1.60. The van der Waals surface area contributed by atoms with Crippen LogP contribution in [0.25, 0.3) is 21.0 Å². The van der Waals surface area contributed by atoms with Crippen LogP contribution in [0.4, 0.5) is 5.13 Å². The first kappa shape index (κ1) is 23.2. The molecule has 0 fully saturated rings. The van der Waals surface area contributed by atoms with Crippen LogP contribution in [0.2, 0.25) is 0 Å². The van der Waals surface area contributed by atoms with Gasteiger partial charge in [0.1, 0.15) is 0 Å². The van der Waals surface area contributed by atoms with E-state index in [1.54, 1.807) is 11.3 Å². The van der Waals surface area contributed by atoms with Crippen LogP contribution in [-0.2, 0) is 0 Å². The van der Waals surface area contributed by atoms with E-state index in [0.717, 1.165) is 44.6 Å². The van der Waals surface area contributed by atoms with Gasteiger partial charge in [-0.05, 0) is 74.9 Å². The number of thiazole rings is 1. The average molecular weight is 454 g/mol. The summed E-state index contributed by atoms with van der Waals surface area (Å²) in [6, 6.07) is 18.2. The van der Waals surface area contributed by atoms with Gasteiger partial charge in [0.2, 0.25) is 0 Å². The maximum Gasteiger partial charge on any atom is 0.260 e. The minimum atomic E-state index is 0. The van der Waals surface area contributed by atoms with Crippen LogP contribution in [0.5, 0.6) is 0 Å². The van der Waals surface area contributed by atoms with E-state index in [-0.39, 0.29) is 18.3 Å². The fourth-order valence-corrected chi connectivity index (χ4v) is 4.77. The van der Waals surface area contributed by atoms with Crippen LogP contribution in [-0.4, -0.2) is 43.0 Å². The van der Waals surface area contributed by atoms with Crippen LogP contribution in [0.3, 0.4) is 0 Å². The molecular weight excluding hydrogens is 426 g/mol. The number of hydrogen-bond donors (Lipinski definition) is 0. The Hall–Kier alpha value is -2.47. The van der Waals surface area contributed by atoms with Gasteiger partial charge in [-0.2, -0.15) is 0 Å². The molecular formula is C25H28ClN3OS. The summed E-state index contributed by atoms with van der Waals surface area (Å²) in [6.07, 6.45) is 0.886. The van der Waals surface area contributed by atoms with Crippen molar-refractivity contribution in [2.24, 2.45) is 0 Å². The molecule has 4 rings (SSSR count). The van der Waals surface area contributed by atoms with E-state index in [0.29, 0.717) is 6.54 Å². The summed E-state index contributed by atoms with van der Waals surface area (Å²) in [5.74, 6) is 0.0130. The lowest BCUT2D eigenvalue weighted by molar-refractivity contribution is 0.0987. The van der Waals surface area contributed by atoms with E-state index in [9.17, 15) is 4.79 Å². The number of amides is 1. The van der Waals surface area contributed by atoms with Crippen molar-refractivity contribution in [2.45, 2.75) is 20.3 Å². The lowest BCUT2D eigenvalue weighted by atomic mass is 10.0. The number of halogens is 1. The highest BCUT2D eigenvalue weighted by atomic mass is 35.5. The monoisotopic (exact) mass is 453 g/mol. The fraction of sp³-hybridized carbons (Fsp3) is 0.280. The number of anilines is 1. The van der Waals surface area contributed by atoms with E-state index in [2.05, 4.69) is 45.0 Å². The molecule has 0 unspecified atom stereocenters. The highest BCUT2D eigenvalue weighted by Crippen LogP contribution is 2.33. The molecule has 0 radical (unpaired) electrons. The zero-order valence-electron chi connectivity index (χ0n) is 18.4. The largest absolute Gasteiger partial charge is 0.309 e. The van der Waals surface area contributed by atoms with Gasteiger partial charge in [0.15, 0.2) is 5.13 Å². The SMILES string of the molecule is Cc1ccc2sc(N(CCCN(C)C)C(=O)c3cccc4ccccc34)nc2c1C.Cl. The molecule has 0 N–H and O–H groups in total. The number of carbonyl (C=O) groups is 1. The molecule has 3 aromatic carbocycles. The molecule has 31 heavy (non-hydrogen) atoms. The summed E-state index contributed by atoms with van der Waals surface area (Å²) in [4.78, 5) is 22.7. The first-order valence-electron chi connectivity index (χ1n) is 10.3. The molecule has 1 aromatic heterocycles. The number of rotatable bonds is 6. The van der Waals surface area contributed by atoms with Crippen LogP contribution < -0.4 is 4.90 Å². The Balaban J connectivity index is 0.00000272. The van der Waals surface area contributed by atoms with E-state index in [1.807, 2.05) is 47.4 Å². The second-order valence-corrected chi connectivity index (χ2v) is 9.00. The van der Waals surface area contributed by atoms with E-state index in [1.165, 1.54) is 11.1 Å². The van der Waals surface area contributed by atoms with Crippen LogP contribution >= 0.6 is 23.7 Å². The zero-order valence-corrected chi connectivity index (χ0v) is 20.0. The number of carbonyl (C=O) groups excluding carboxylic acids is 1. The Bertz CT molecular complexity index is 1210. The van der Waals surface area contributed by atoms with Gasteiger partial charge in [-0.1, -0.05) is 53.8 Å². The third kappa shape index (κ3) is 4.74. The summed E-state index contributed by atoms with van der Waals surface area (Å²) in [7, 11) is 4.11. The zero-order chi connectivity index (χ0) is 21.3. The normalized spacial score (nSPS) is 11.1. The summed E-state index contributed by atoms with van der Waals surface area (Å²) in [6.45, 7) is 5.76. The van der Waals surface area contributed by atoms with Crippen LogP contribution in [0, 0.1) is 13.8 Å². The molecule has 0 saturated heterocycles. The van der Waals surface area contributed by atoms with Crippen molar-refractivity contribution in [2.75, 3.05) is 32.1 Å². The van der Waals surface area contributed by atoms with Crippen molar-refractivity contribution in [3.05, 3.63) is 71.3 Å². The molecule has 1 heterocycles. The first-order chi connectivity index (χ1) is 14.5. The molecule has 6 heteroatoms. The molecule has 0 atom stereocenters. The Morgan fingerprint density at radius 1 is 0.968 bits per heavy atom. The van der Waals surface area contributed by atoms with Crippen molar-refractivity contribution in [1.29, 1.82) is 0 Å². The number of nitrogens with zero attached hydrogens (tertiary/aromatic N) is 3. The van der Waals surface area contributed by atoms with E-state index >= 15 is 0 Å². The second-order valence-electron chi connectivity index (χ2n) is 7.99. The van der Waals surface area contributed by atoms with Gasteiger partial charge in [-0.3, -0.25) is 9.69 Å². The van der Waals surface area contributed by atoms with E-state index < -0.39 is 0 Å². The van der Waals surface area contributed by atoms with Crippen molar-refractivity contribution in [1.82, 2.24) is 9.88 Å². The number of aromatic nitrogens is 1. The van der Waals surface area contributed by atoms with Crippen molar-refractivity contribution >= 4 is 55.8 Å². The topological polar surface area (TPSA) is 36.4 Å². The molecule has 0 spiro atoms. The van der Waals surface area contributed by atoms with Gasteiger partial charge in [0.05, 0.1) is 10.2 Å². The lowest BCUT2D eigenvalue weighted by Crippen LogP contribution is -2.33. The summed E-state index contributed by atoms with van der Waals surface area (Å²) in [5.41, 5.74) is 4.13. The quantitative estimate of drug-likeness (QED) is 0.354. The lowest BCUT2D eigenvalue weighted by Gasteiger charge is -2.22.